The van der Waals surface area contributed by atoms with Crippen LogP contribution in [0.25, 0.3) is 11.3 Å². The molecule has 1 aliphatic heterocycles. The van der Waals surface area contributed by atoms with Gasteiger partial charge in [-0.2, -0.15) is 0 Å². The Morgan fingerprint density at radius 3 is 2.83 bits per heavy atom. The third kappa shape index (κ3) is 2.86. The number of rotatable bonds is 4. The second-order valence-corrected chi connectivity index (χ2v) is 5.84. The average Bonchev–Trinajstić information content (AvgIpc) is 3.10. The molecular weight excluding hydrogens is 302 g/mol. The predicted octanol–water partition coefficient (Wildman–Crippen LogP) is 2.70. The van der Waals surface area contributed by atoms with E-state index < -0.39 is 0 Å². The first kappa shape index (κ1) is 14.8. The fraction of sp³-hybridized carbons (Fsp3) is 0.211. The van der Waals surface area contributed by atoms with E-state index in [0.717, 1.165) is 29.3 Å². The molecule has 0 amide bonds. The summed E-state index contributed by atoms with van der Waals surface area (Å²) < 4.78 is 13.8. The van der Waals surface area contributed by atoms with E-state index in [-0.39, 0.29) is 6.10 Å². The van der Waals surface area contributed by atoms with Crippen molar-refractivity contribution in [1.82, 2.24) is 9.55 Å². The third-order valence-electron chi connectivity index (χ3n) is 4.07. The van der Waals surface area contributed by atoms with Crippen molar-refractivity contribution in [2.24, 2.45) is 5.73 Å². The molecule has 0 saturated heterocycles. The van der Waals surface area contributed by atoms with Crippen LogP contribution >= 0.6 is 0 Å². The van der Waals surface area contributed by atoms with Gasteiger partial charge < -0.3 is 19.8 Å². The smallest absolute Gasteiger partial charge is 0.171 e. The highest BCUT2D eigenvalue weighted by molar-refractivity contribution is 5.71. The van der Waals surface area contributed by atoms with Gasteiger partial charge in [-0.15, -0.1) is 0 Å². The topological polar surface area (TPSA) is 62.3 Å². The number of nitrogens with zero attached hydrogens (tertiary/aromatic N) is 2. The van der Waals surface area contributed by atoms with E-state index >= 15 is 0 Å². The predicted molar refractivity (Wildman–Crippen MR) is 92.2 cm³/mol. The van der Waals surface area contributed by atoms with E-state index in [2.05, 4.69) is 21.7 Å². The lowest BCUT2D eigenvalue weighted by Crippen LogP contribution is -2.35. The van der Waals surface area contributed by atoms with Crippen LogP contribution in [0.3, 0.4) is 0 Å². The molecule has 1 aliphatic rings. The van der Waals surface area contributed by atoms with Crippen LogP contribution in [0.1, 0.15) is 5.56 Å². The molecule has 2 heterocycles. The minimum atomic E-state index is -0.120. The minimum Gasteiger partial charge on any atom is -0.486 e. The summed E-state index contributed by atoms with van der Waals surface area (Å²) in [7, 11) is 0. The molecule has 3 aromatic rings. The molecular formula is C19H19N3O2. The van der Waals surface area contributed by atoms with Crippen LogP contribution in [0.4, 0.5) is 0 Å². The number of fused-ring (bicyclic) bond motifs is 1. The standard InChI is InChI=1S/C19H19N3O2/c20-9-15-12-23-18-8-4-7-16(19(18)24-15)17-11-22(13-21-17)10-14-5-2-1-3-6-14/h1-8,11,13,15H,9-10,12,20H2. The van der Waals surface area contributed by atoms with Crippen molar-refractivity contribution in [3.63, 3.8) is 0 Å². The Morgan fingerprint density at radius 2 is 2.00 bits per heavy atom. The Bertz CT molecular complexity index is 830. The summed E-state index contributed by atoms with van der Waals surface area (Å²) in [6, 6.07) is 16.2. The molecule has 0 saturated carbocycles. The van der Waals surface area contributed by atoms with E-state index in [0.29, 0.717) is 13.2 Å². The number of hydrogen-bond acceptors (Lipinski definition) is 4. The number of hydrogen-bond donors (Lipinski definition) is 1. The van der Waals surface area contributed by atoms with Gasteiger partial charge in [0.15, 0.2) is 11.5 Å². The summed E-state index contributed by atoms with van der Waals surface area (Å²) in [6.07, 6.45) is 3.74. The van der Waals surface area contributed by atoms with E-state index in [9.17, 15) is 0 Å². The normalized spacial score (nSPS) is 16.1. The van der Waals surface area contributed by atoms with Gasteiger partial charge in [0.2, 0.25) is 0 Å². The molecule has 24 heavy (non-hydrogen) atoms. The first-order valence-electron chi connectivity index (χ1n) is 8.02. The van der Waals surface area contributed by atoms with Crippen LogP contribution in [0.2, 0.25) is 0 Å². The summed E-state index contributed by atoms with van der Waals surface area (Å²) >= 11 is 0. The number of para-hydroxylation sites is 1. The number of nitrogens with two attached hydrogens (primary N) is 1. The van der Waals surface area contributed by atoms with Crippen LogP contribution in [-0.2, 0) is 6.54 Å². The molecule has 5 nitrogen and oxygen atoms in total. The minimum absolute atomic E-state index is 0.120. The Hall–Kier alpha value is -2.79. The summed E-state index contributed by atoms with van der Waals surface area (Å²) in [5, 5.41) is 0. The van der Waals surface area contributed by atoms with Gasteiger partial charge in [-0.05, 0) is 17.7 Å². The quantitative estimate of drug-likeness (QED) is 0.802. The second-order valence-electron chi connectivity index (χ2n) is 5.84. The third-order valence-corrected chi connectivity index (χ3v) is 4.07. The summed E-state index contributed by atoms with van der Waals surface area (Å²) in [5.74, 6) is 1.47. The SMILES string of the molecule is NCC1COc2cccc(-c3cn(Cc4ccccc4)cn3)c2O1. The number of aromatic nitrogens is 2. The van der Waals surface area contributed by atoms with Crippen molar-refractivity contribution in [3.05, 3.63) is 66.6 Å². The molecule has 0 radical (unpaired) electrons. The maximum Gasteiger partial charge on any atom is 0.171 e. The van der Waals surface area contributed by atoms with Crippen LogP contribution in [-0.4, -0.2) is 28.8 Å². The van der Waals surface area contributed by atoms with Gasteiger partial charge in [0, 0.05) is 24.8 Å². The van der Waals surface area contributed by atoms with Gasteiger partial charge in [0.1, 0.15) is 12.7 Å². The van der Waals surface area contributed by atoms with Crippen molar-refractivity contribution in [2.75, 3.05) is 13.2 Å². The molecule has 1 aromatic heterocycles. The molecule has 0 aliphatic carbocycles. The van der Waals surface area contributed by atoms with Crippen LogP contribution in [0.15, 0.2) is 61.1 Å². The van der Waals surface area contributed by atoms with Gasteiger partial charge in [0.05, 0.1) is 12.0 Å². The molecule has 1 atom stereocenters. The van der Waals surface area contributed by atoms with Crippen molar-refractivity contribution in [1.29, 1.82) is 0 Å². The van der Waals surface area contributed by atoms with E-state index in [1.807, 2.05) is 48.9 Å². The monoisotopic (exact) mass is 321 g/mol. The maximum absolute atomic E-state index is 5.99. The molecule has 2 aromatic carbocycles. The first-order valence-corrected chi connectivity index (χ1v) is 8.02. The van der Waals surface area contributed by atoms with Gasteiger partial charge in [-0.3, -0.25) is 0 Å². The summed E-state index contributed by atoms with van der Waals surface area (Å²) in [6.45, 7) is 1.69. The van der Waals surface area contributed by atoms with E-state index in [1.54, 1.807) is 0 Å². The lowest BCUT2D eigenvalue weighted by molar-refractivity contribution is 0.0976. The molecule has 122 valence electrons. The first-order chi connectivity index (χ1) is 11.8. The zero-order chi connectivity index (χ0) is 16.4. The molecule has 0 fully saturated rings. The molecule has 4 rings (SSSR count). The lowest BCUT2D eigenvalue weighted by Gasteiger charge is -2.26. The molecule has 5 heteroatoms. The van der Waals surface area contributed by atoms with E-state index in [4.69, 9.17) is 15.2 Å². The fourth-order valence-corrected chi connectivity index (χ4v) is 2.83. The van der Waals surface area contributed by atoms with Gasteiger partial charge in [-0.25, -0.2) is 4.98 Å². The average molecular weight is 321 g/mol. The molecule has 0 spiro atoms. The van der Waals surface area contributed by atoms with Crippen molar-refractivity contribution >= 4 is 0 Å². The molecule has 2 N–H and O–H groups in total. The van der Waals surface area contributed by atoms with Gasteiger partial charge >= 0.3 is 0 Å². The lowest BCUT2D eigenvalue weighted by atomic mass is 10.1. The maximum atomic E-state index is 5.99. The summed E-state index contributed by atoms with van der Waals surface area (Å²) in [5.41, 5.74) is 8.74. The Labute approximate surface area is 140 Å². The van der Waals surface area contributed by atoms with Crippen molar-refractivity contribution in [2.45, 2.75) is 12.6 Å². The van der Waals surface area contributed by atoms with Crippen LogP contribution in [0.5, 0.6) is 11.5 Å². The van der Waals surface area contributed by atoms with Gasteiger partial charge in [-0.1, -0.05) is 36.4 Å². The Balaban J connectivity index is 1.63. The number of benzene rings is 2. The fourth-order valence-electron chi connectivity index (χ4n) is 2.83. The summed E-state index contributed by atoms with van der Waals surface area (Å²) in [4.78, 5) is 4.54. The zero-order valence-electron chi connectivity index (χ0n) is 13.3. The van der Waals surface area contributed by atoms with Crippen molar-refractivity contribution < 1.29 is 9.47 Å². The Kier molecular flexibility index (Phi) is 3.92. The number of ether oxygens (including phenoxy) is 2. The van der Waals surface area contributed by atoms with Crippen molar-refractivity contribution in [3.8, 4) is 22.8 Å². The highest BCUT2D eigenvalue weighted by Crippen LogP contribution is 2.40. The largest absolute Gasteiger partial charge is 0.486 e. The molecule has 0 bridgehead atoms. The van der Waals surface area contributed by atoms with Crippen LogP contribution < -0.4 is 15.2 Å². The van der Waals surface area contributed by atoms with E-state index in [1.165, 1.54) is 5.56 Å². The zero-order valence-corrected chi connectivity index (χ0v) is 13.3. The highest BCUT2D eigenvalue weighted by atomic mass is 16.6. The molecule has 1 unspecified atom stereocenters. The van der Waals surface area contributed by atoms with Gasteiger partial charge in [0.25, 0.3) is 0 Å². The second kappa shape index (κ2) is 6.37. The number of imidazole rings is 1. The van der Waals surface area contributed by atoms with Crippen LogP contribution in [0, 0.1) is 0 Å². The Morgan fingerprint density at radius 1 is 1.12 bits per heavy atom. The highest BCUT2D eigenvalue weighted by Gasteiger charge is 2.23.